The second-order valence-electron chi connectivity index (χ2n) is 6.90. The number of fused-ring (bicyclic) bond motifs is 1. The Balaban J connectivity index is 1.68. The molecule has 2 heterocycles. The first-order chi connectivity index (χ1) is 13.6. The third kappa shape index (κ3) is 3.16. The molecule has 4 aromatic rings. The van der Waals surface area contributed by atoms with Crippen LogP contribution in [0.3, 0.4) is 0 Å². The van der Waals surface area contributed by atoms with Crippen LogP contribution >= 0.6 is 0 Å². The van der Waals surface area contributed by atoms with Crippen LogP contribution in [0.15, 0.2) is 60.8 Å². The molecule has 0 atom stereocenters. The minimum absolute atomic E-state index is 0.0855. The maximum absolute atomic E-state index is 12.9. The van der Waals surface area contributed by atoms with Crippen molar-refractivity contribution >= 4 is 17.1 Å². The molecule has 0 fully saturated rings. The molecule has 0 aliphatic carbocycles. The van der Waals surface area contributed by atoms with Gasteiger partial charge in [0, 0.05) is 18.3 Å². The van der Waals surface area contributed by atoms with E-state index >= 15 is 0 Å². The minimum atomic E-state index is -0.0855. The lowest BCUT2D eigenvalue weighted by Gasteiger charge is -2.14. The van der Waals surface area contributed by atoms with Gasteiger partial charge in [-0.1, -0.05) is 30.3 Å². The maximum atomic E-state index is 12.9. The summed E-state index contributed by atoms with van der Waals surface area (Å²) < 4.78 is 2.00. The van der Waals surface area contributed by atoms with Crippen LogP contribution in [0.2, 0.25) is 0 Å². The number of carbonyl (C=O) groups is 1. The lowest BCUT2D eigenvalue weighted by molar-refractivity contribution is 0.0950. The summed E-state index contributed by atoms with van der Waals surface area (Å²) in [6.45, 7) is 6.47. The molecule has 5 heteroatoms. The topological polar surface area (TPSA) is 59.8 Å². The molecule has 2 aromatic heterocycles. The predicted octanol–water partition coefficient (Wildman–Crippen LogP) is 4.28. The summed E-state index contributed by atoms with van der Waals surface area (Å²) in [6, 6.07) is 17.6. The summed E-state index contributed by atoms with van der Waals surface area (Å²) in [7, 11) is 0. The monoisotopic (exact) mass is 370 g/mol. The Morgan fingerprint density at radius 3 is 2.64 bits per heavy atom. The smallest absolute Gasteiger partial charge is 0.251 e. The largest absolute Gasteiger partial charge is 0.348 e. The van der Waals surface area contributed by atoms with Gasteiger partial charge in [-0.3, -0.25) is 9.36 Å². The van der Waals surface area contributed by atoms with Crippen molar-refractivity contribution in [1.29, 1.82) is 0 Å². The molecule has 0 saturated carbocycles. The number of benzene rings is 2. The van der Waals surface area contributed by atoms with Gasteiger partial charge in [0.25, 0.3) is 5.91 Å². The Morgan fingerprint density at radius 2 is 1.82 bits per heavy atom. The highest BCUT2D eigenvalue weighted by molar-refractivity contribution is 5.96. The standard InChI is InChI=1S/C23H22N4O/c1-15-8-4-5-9-18(15)14-25-23(28)19-10-6-12-21(16(19)2)27-17(3)26-20-11-7-13-24-22(20)27/h4-13H,14H2,1-3H3,(H,25,28). The number of imidazole rings is 1. The first kappa shape index (κ1) is 17.9. The summed E-state index contributed by atoms with van der Waals surface area (Å²) in [5, 5.41) is 3.04. The Kier molecular flexibility index (Phi) is 4.65. The van der Waals surface area contributed by atoms with Crippen LogP contribution in [-0.2, 0) is 6.54 Å². The van der Waals surface area contributed by atoms with E-state index in [1.54, 1.807) is 6.20 Å². The van der Waals surface area contributed by atoms with E-state index in [0.717, 1.165) is 33.8 Å². The second-order valence-corrected chi connectivity index (χ2v) is 6.90. The molecule has 0 aliphatic heterocycles. The highest BCUT2D eigenvalue weighted by atomic mass is 16.1. The number of amides is 1. The zero-order valence-electron chi connectivity index (χ0n) is 16.2. The molecule has 0 bridgehead atoms. The maximum Gasteiger partial charge on any atom is 0.251 e. The van der Waals surface area contributed by atoms with E-state index in [1.165, 1.54) is 5.56 Å². The van der Waals surface area contributed by atoms with Crippen LogP contribution in [0.1, 0.15) is 32.9 Å². The highest BCUT2D eigenvalue weighted by Crippen LogP contribution is 2.24. The second kappa shape index (κ2) is 7.27. The van der Waals surface area contributed by atoms with Crippen LogP contribution in [0.5, 0.6) is 0 Å². The Morgan fingerprint density at radius 1 is 1.00 bits per heavy atom. The van der Waals surface area contributed by atoms with Crippen molar-refractivity contribution < 1.29 is 4.79 Å². The number of carbonyl (C=O) groups excluding carboxylic acids is 1. The van der Waals surface area contributed by atoms with Crippen molar-refractivity contribution in [3.63, 3.8) is 0 Å². The molecule has 140 valence electrons. The third-order valence-corrected chi connectivity index (χ3v) is 5.08. The van der Waals surface area contributed by atoms with Crippen molar-refractivity contribution in [1.82, 2.24) is 19.9 Å². The molecule has 2 aromatic carbocycles. The number of nitrogens with zero attached hydrogens (tertiary/aromatic N) is 3. The van der Waals surface area contributed by atoms with Gasteiger partial charge in [-0.05, 0) is 61.7 Å². The Labute approximate surface area is 164 Å². The molecule has 0 unspecified atom stereocenters. The van der Waals surface area contributed by atoms with Gasteiger partial charge in [0.2, 0.25) is 0 Å². The normalized spacial score (nSPS) is 11.0. The van der Waals surface area contributed by atoms with Crippen LogP contribution in [-0.4, -0.2) is 20.4 Å². The summed E-state index contributed by atoms with van der Waals surface area (Å²) in [6.07, 6.45) is 1.76. The van der Waals surface area contributed by atoms with E-state index in [4.69, 9.17) is 0 Å². The van der Waals surface area contributed by atoms with E-state index in [-0.39, 0.29) is 5.91 Å². The lowest BCUT2D eigenvalue weighted by Crippen LogP contribution is -2.24. The number of pyridine rings is 1. The fourth-order valence-corrected chi connectivity index (χ4v) is 3.50. The molecular formula is C23H22N4O. The highest BCUT2D eigenvalue weighted by Gasteiger charge is 2.16. The van der Waals surface area contributed by atoms with Gasteiger partial charge in [0.15, 0.2) is 5.65 Å². The Hall–Kier alpha value is -3.47. The van der Waals surface area contributed by atoms with Crippen LogP contribution < -0.4 is 5.32 Å². The quantitative estimate of drug-likeness (QED) is 0.583. The van der Waals surface area contributed by atoms with Crippen LogP contribution in [0.4, 0.5) is 0 Å². The molecule has 0 spiro atoms. The summed E-state index contributed by atoms with van der Waals surface area (Å²) >= 11 is 0. The van der Waals surface area contributed by atoms with E-state index in [2.05, 4.69) is 15.3 Å². The van der Waals surface area contributed by atoms with E-state index in [9.17, 15) is 4.79 Å². The first-order valence-corrected chi connectivity index (χ1v) is 9.29. The van der Waals surface area contributed by atoms with Gasteiger partial charge in [0.1, 0.15) is 11.3 Å². The number of hydrogen-bond donors (Lipinski definition) is 1. The zero-order chi connectivity index (χ0) is 19.7. The van der Waals surface area contributed by atoms with Crippen molar-refractivity contribution in [2.75, 3.05) is 0 Å². The third-order valence-electron chi connectivity index (χ3n) is 5.08. The minimum Gasteiger partial charge on any atom is -0.348 e. The Bertz CT molecular complexity index is 1180. The van der Waals surface area contributed by atoms with Crippen LogP contribution in [0, 0.1) is 20.8 Å². The molecular weight excluding hydrogens is 348 g/mol. The average molecular weight is 370 g/mol. The van der Waals surface area contributed by atoms with Gasteiger partial charge in [-0.15, -0.1) is 0 Å². The van der Waals surface area contributed by atoms with E-state index in [1.807, 2.05) is 79.9 Å². The molecule has 4 rings (SSSR count). The summed E-state index contributed by atoms with van der Waals surface area (Å²) in [5.74, 6) is 0.756. The number of hydrogen-bond acceptors (Lipinski definition) is 3. The number of aryl methyl sites for hydroxylation is 2. The SMILES string of the molecule is Cc1ccccc1CNC(=O)c1cccc(-n2c(C)nc3cccnc32)c1C. The molecule has 5 nitrogen and oxygen atoms in total. The van der Waals surface area contributed by atoms with Gasteiger partial charge in [-0.25, -0.2) is 9.97 Å². The molecule has 28 heavy (non-hydrogen) atoms. The van der Waals surface area contributed by atoms with Gasteiger partial charge < -0.3 is 5.32 Å². The fraction of sp³-hybridized carbons (Fsp3) is 0.174. The number of nitrogens with one attached hydrogen (secondary N) is 1. The van der Waals surface area contributed by atoms with Crippen molar-refractivity contribution in [2.45, 2.75) is 27.3 Å². The van der Waals surface area contributed by atoms with Crippen LogP contribution in [0.25, 0.3) is 16.9 Å². The van der Waals surface area contributed by atoms with Crippen molar-refractivity contribution in [3.8, 4) is 5.69 Å². The lowest BCUT2D eigenvalue weighted by atomic mass is 10.0. The first-order valence-electron chi connectivity index (χ1n) is 9.29. The van der Waals surface area contributed by atoms with Gasteiger partial charge in [0.05, 0.1) is 5.69 Å². The molecule has 0 saturated heterocycles. The number of aromatic nitrogens is 3. The van der Waals surface area contributed by atoms with Gasteiger partial charge >= 0.3 is 0 Å². The van der Waals surface area contributed by atoms with Gasteiger partial charge in [-0.2, -0.15) is 0 Å². The summed E-state index contributed by atoms with van der Waals surface area (Å²) in [4.78, 5) is 21.9. The van der Waals surface area contributed by atoms with E-state index < -0.39 is 0 Å². The van der Waals surface area contributed by atoms with Crippen molar-refractivity contribution in [3.05, 3.63) is 88.9 Å². The molecule has 0 aliphatic rings. The zero-order valence-corrected chi connectivity index (χ0v) is 16.2. The molecule has 1 N–H and O–H groups in total. The predicted molar refractivity (Wildman–Crippen MR) is 111 cm³/mol. The summed E-state index contributed by atoms with van der Waals surface area (Å²) in [5.41, 5.74) is 6.39. The molecule has 1 amide bonds. The van der Waals surface area contributed by atoms with E-state index in [0.29, 0.717) is 12.1 Å². The fourth-order valence-electron chi connectivity index (χ4n) is 3.50. The molecule has 0 radical (unpaired) electrons. The van der Waals surface area contributed by atoms with Crippen molar-refractivity contribution in [2.24, 2.45) is 0 Å². The average Bonchev–Trinajstić information content (AvgIpc) is 3.03. The number of rotatable bonds is 4.